The predicted molar refractivity (Wildman–Crippen MR) is 64.8 cm³/mol. The third-order valence-electron chi connectivity index (χ3n) is 1.89. The van der Waals surface area contributed by atoms with Crippen LogP contribution in [0.5, 0.6) is 0 Å². The molecule has 0 saturated carbocycles. The molecule has 0 fully saturated rings. The third kappa shape index (κ3) is 3.21. The van der Waals surface area contributed by atoms with Crippen molar-refractivity contribution >= 4 is 28.8 Å². The Kier molecular flexibility index (Phi) is 3.62. The lowest BCUT2D eigenvalue weighted by atomic mass is 10.1. The van der Waals surface area contributed by atoms with Gasteiger partial charge < -0.3 is 16.8 Å². The monoisotopic (exact) mass is 223 g/mol. The Morgan fingerprint density at radius 2 is 2.13 bits per heavy atom. The zero-order chi connectivity index (χ0) is 11.4. The summed E-state index contributed by atoms with van der Waals surface area (Å²) in [7, 11) is 0. The van der Waals surface area contributed by atoms with Crippen LogP contribution in [0.1, 0.15) is 11.1 Å². The van der Waals surface area contributed by atoms with Crippen LogP contribution < -0.4 is 16.8 Å². The van der Waals surface area contributed by atoms with Crippen LogP contribution in [0.2, 0.25) is 0 Å². The maximum Gasteiger partial charge on any atom is 0.236 e. The van der Waals surface area contributed by atoms with Crippen molar-refractivity contribution in [2.75, 3.05) is 11.9 Å². The predicted octanol–water partition coefficient (Wildman–Crippen LogP) is 0.526. The van der Waals surface area contributed by atoms with E-state index in [4.69, 9.17) is 23.7 Å². The molecule has 0 heterocycles. The van der Waals surface area contributed by atoms with Crippen LogP contribution in [0.25, 0.3) is 0 Å². The number of hydrogen-bond acceptors (Lipinski definition) is 3. The van der Waals surface area contributed by atoms with Crippen molar-refractivity contribution in [1.29, 1.82) is 0 Å². The minimum atomic E-state index is -0.426. The lowest BCUT2D eigenvalue weighted by Gasteiger charge is -2.10. The molecule has 0 unspecified atom stereocenters. The van der Waals surface area contributed by atoms with E-state index in [9.17, 15) is 4.79 Å². The van der Waals surface area contributed by atoms with Gasteiger partial charge in [0.2, 0.25) is 5.91 Å². The molecular weight excluding hydrogens is 210 g/mol. The fourth-order valence-electron chi connectivity index (χ4n) is 1.20. The Morgan fingerprint density at radius 3 is 2.67 bits per heavy atom. The van der Waals surface area contributed by atoms with Gasteiger partial charge in [-0.1, -0.05) is 23.8 Å². The number of rotatable bonds is 4. The summed E-state index contributed by atoms with van der Waals surface area (Å²) < 4.78 is 0. The number of primary amides is 1. The molecule has 0 atom stereocenters. The molecule has 80 valence electrons. The summed E-state index contributed by atoms with van der Waals surface area (Å²) in [6, 6.07) is 5.60. The molecule has 0 aliphatic carbocycles. The second kappa shape index (κ2) is 4.75. The van der Waals surface area contributed by atoms with Crippen LogP contribution in [0, 0.1) is 6.92 Å². The average molecular weight is 223 g/mol. The lowest BCUT2D eigenvalue weighted by molar-refractivity contribution is -0.116. The smallest absolute Gasteiger partial charge is 0.236 e. The highest BCUT2D eigenvalue weighted by atomic mass is 32.1. The Labute approximate surface area is 93.6 Å². The summed E-state index contributed by atoms with van der Waals surface area (Å²) in [5.74, 6) is -0.426. The van der Waals surface area contributed by atoms with E-state index in [-0.39, 0.29) is 6.54 Å². The molecule has 0 bridgehead atoms. The zero-order valence-corrected chi connectivity index (χ0v) is 9.23. The second-order valence-electron chi connectivity index (χ2n) is 3.23. The first-order valence-electron chi connectivity index (χ1n) is 4.43. The van der Waals surface area contributed by atoms with E-state index < -0.39 is 5.91 Å². The van der Waals surface area contributed by atoms with Gasteiger partial charge in [0.25, 0.3) is 0 Å². The first-order chi connectivity index (χ1) is 7.00. The molecular formula is C10H13N3OS. The highest BCUT2D eigenvalue weighted by molar-refractivity contribution is 7.80. The average Bonchev–Trinajstić information content (AvgIpc) is 2.15. The van der Waals surface area contributed by atoms with Gasteiger partial charge in [0.05, 0.1) is 6.54 Å². The van der Waals surface area contributed by atoms with E-state index in [0.717, 1.165) is 16.8 Å². The van der Waals surface area contributed by atoms with Gasteiger partial charge in [-0.15, -0.1) is 0 Å². The first kappa shape index (κ1) is 11.5. The molecule has 1 rings (SSSR count). The van der Waals surface area contributed by atoms with Gasteiger partial charge in [-0.25, -0.2) is 0 Å². The van der Waals surface area contributed by atoms with E-state index >= 15 is 0 Å². The van der Waals surface area contributed by atoms with Gasteiger partial charge in [0, 0.05) is 11.3 Å². The van der Waals surface area contributed by atoms with Crippen LogP contribution in [0.4, 0.5) is 5.69 Å². The van der Waals surface area contributed by atoms with E-state index in [2.05, 4.69) is 5.32 Å². The number of aryl methyl sites for hydroxylation is 1. The molecule has 0 aromatic heterocycles. The molecule has 1 aromatic rings. The number of anilines is 1. The summed E-state index contributed by atoms with van der Waals surface area (Å²) in [5, 5.41) is 2.88. The molecule has 4 nitrogen and oxygen atoms in total. The molecule has 1 amide bonds. The topological polar surface area (TPSA) is 81.1 Å². The minimum Gasteiger partial charge on any atom is -0.389 e. The van der Waals surface area contributed by atoms with E-state index in [1.807, 2.05) is 25.1 Å². The number of benzene rings is 1. The lowest BCUT2D eigenvalue weighted by Crippen LogP contribution is -2.23. The summed E-state index contributed by atoms with van der Waals surface area (Å²) in [6.45, 7) is 2.01. The zero-order valence-electron chi connectivity index (χ0n) is 8.41. The Balaban J connectivity index is 2.95. The molecule has 0 saturated heterocycles. The summed E-state index contributed by atoms with van der Waals surface area (Å²) in [5.41, 5.74) is 13.1. The molecule has 5 heteroatoms. The molecule has 0 aliphatic heterocycles. The number of amides is 1. The summed E-state index contributed by atoms with van der Waals surface area (Å²) in [6.07, 6.45) is 0. The van der Waals surface area contributed by atoms with Crippen molar-refractivity contribution in [2.24, 2.45) is 11.5 Å². The van der Waals surface area contributed by atoms with E-state index in [1.165, 1.54) is 0 Å². The fourth-order valence-corrected chi connectivity index (χ4v) is 1.37. The quantitative estimate of drug-likeness (QED) is 0.650. The molecule has 15 heavy (non-hydrogen) atoms. The van der Waals surface area contributed by atoms with Crippen molar-refractivity contribution in [2.45, 2.75) is 6.92 Å². The second-order valence-corrected chi connectivity index (χ2v) is 3.67. The number of nitrogens with two attached hydrogens (primary N) is 2. The van der Waals surface area contributed by atoms with Crippen LogP contribution in [0.3, 0.4) is 0 Å². The van der Waals surface area contributed by atoms with Crippen molar-refractivity contribution in [3.05, 3.63) is 29.3 Å². The van der Waals surface area contributed by atoms with Gasteiger partial charge >= 0.3 is 0 Å². The molecule has 0 spiro atoms. The van der Waals surface area contributed by atoms with Crippen LogP contribution in [-0.2, 0) is 4.79 Å². The number of carbonyl (C=O) groups is 1. The SMILES string of the molecule is Cc1ccc(NCC(N)=O)c(C(N)=S)c1. The van der Waals surface area contributed by atoms with Crippen LogP contribution in [0.15, 0.2) is 18.2 Å². The number of thiocarbonyl (C=S) groups is 1. The normalized spacial score (nSPS) is 9.67. The first-order valence-corrected chi connectivity index (χ1v) is 4.84. The maximum absolute atomic E-state index is 10.6. The van der Waals surface area contributed by atoms with Crippen molar-refractivity contribution in [3.63, 3.8) is 0 Å². The minimum absolute atomic E-state index is 0.0681. The Hall–Kier alpha value is -1.62. The van der Waals surface area contributed by atoms with E-state index in [0.29, 0.717) is 4.99 Å². The van der Waals surface area contributed by atoms with Crippen molar-refractivity contribution < 1.29 is 4.79 Å². The van der Waals surface area contributed by atoms with E-state index in [1.54, 1.807) is 0 Å². The Bertz CT molecular complexity index is 404. The fraction of sp³-hybridized carbons (Fsp3) is 0.200. The Morgan fingerprint density at radius 1 is 1.47 bits per heavy atom. The number of hydrogen-bond donors (Lipinski definition) is 3. The van der Waals surface area contributed by atoms with Gasteiger partial charge in [-0.2, -0.15) is 0 Å². The van der Waals surface area contributed by atoms with Crippen LogP contribution >= 0.6 is 12.2 Å². The highest BCUT2D eigenvalue weighted by Gasteiger charge is 2.05. The number of carbonyl (C=O) groups excluding carboxylic acids is 1. The third-order valence-corrected chi connectivity index (χ3v) is 2.11. The maximum atomic E-state index is 10.6. The molecule has 0 aliphatic rings. The largest absolute Gasteiger partial charge is 0.389 e. The summed E-state index contributed by atoms with van der Waals surface area (Å²) in [4.78, 5) is 10.9. The van der Waals surface area contributed by atoms with Crippen molar-refractivity contribution in [3.8, 4) is 0 Å². The molecule has 5 N–H and O–H groups in total. The van der Waals surface area contributed by atoms with Crippen LogP contribution in [-0.4, -0.2) is 17.4 Å². The molecule has 1 aromatic carbocycles. The van der Waals surface area contributed by atoms with Gasteiger partial charge in [0.1, 0.15) is 4.99 Å². The van der Waals surface area contributed by atoms with Gasteiger partial charge in [-0.05, 0) is 19.1 Å². The summed E-state index contributed by atoms with van der Waals surface area (Å²) >= 11 is 4.91. The van der Waals surface area contributed by atoms with Gasteiger partial charge in [-0.3, -0.25) is 4.79 Å². The standard InChI is InChI=1S/C10H13N3OS/c1-6-2-3-8(13-5-9(11)14)7(4-6)10(12)15/h2-4,13H,5H2,1H3,(H2,11,14)(H2,12,15). The highest BCUT2D eigenvalue weighted by Crippen LogP contribution is 2.16. The number of nitrogens with one attached hydrogen (secondary N) is 1. The molecule has 0 radical (unpaired) electrons. The van der Waals surface area contributed by atoms with Crippen molar-refractivity contribution in [1.82, 2.24) is 0 Å². The van der Waals surface area contributed by atoms with Gasteiger partial charge in [0.15, 0.2) is 0 Å².